The monoisotopic (exact) mass is 376 g/mol. The van der Waals surface area contributed by atoms with Crippen molar-refractivity contribution in [2.75, 3.05) is 6.61 Å². The van der Waals surface area contributed by atoms with E-state index in [0.717, 1.165) is 24.8 Å². The maximum Gasteiger partial charge on any atom is 0.308 e. The molecule has 0 unspecified atom stereocenters. The van der Waals surface area contributed by atoms with Gasteiger partial charge in [-0.15, -0.1) is 6.42 Å². The van der Waals surface area contributed by atoms with E-state index in [9.17, 15) is 4.79 Å². The summed E-state index contributed by atoms with van der Waals surface area (Å²) in [6, 6.07) is 3.43. The molecule has 3 nitrogen and oxygen atoms in total. The highest BCUT2D eigenvalue weighted by Crippen LogP contribution is 2.29. The normalized spacial score (nSPS) is 12.0. The van der Waals surface area contributed by atoms with Crippen LogP contribution in [-0.4, -0.2) is 12.6 Å². The van der Waals surface area contributed by atoms with Crippen LogP contribution >= 0.6 is 0 Å². The minimum atomic E-state index is -0.418. The van der Waals surface area contributed by atoms with Crippen LogP contribution < -0.4 is 9.47 Å². The molecule has 0 saturated carbocycles. The zero-order chi connectivity index (χ0) is 20.2. The van der Waals surface area contributed by atoms with Crippen LogP contribution in [0.15, 0.2) is 35.9 Å². The van der Waals surface area contributed by atoms with Crippen molar-refractivity contribution in [2.45, 2.75) is 58.8 Å². The molecular weight excluding hydrogens is 348 g/mol. The first-order valence-electron chi connectivity index (χ1n) is 9.97. The number of rotatable bonds is 9. The number of ether oxygens (including phenoxy) is 2. The molecule has 1 aliphatic carbocycles. The Hall–Kier alpha value is -2.91. The van der Waals surface area contributed by atoms with Gasteiger partial charge < -0.3 is 9.47 Å². The summed E-state index contributed by atoms with van der Waals surface area (Å²) in [5.74, 6) is 9.42. The largest absolute Gasteiger partial charge is 0.492 e. The lowest BCUT2D eigenvalue weighted by atomic mass is 10.1. The maximum atomic E-state index is 11.4. The number of terminal acetylenes is 1. The second-order valence-electron chi connectivity index (χ2n) is 6.77. The Labute approximate surface area is 168 Å². The van der Waals surface area contributed by atoms with Crippen molar-refractivity contribution in [3.05, 3.63) is 47.1 Å². The van der Waals surface area contributed by atoms with E-state index in [1.54, 1.807) is 12.1 Å². The predicted molar refractivity (Wildman–Crippen MR) is 113 cm³/mol. The van der Waals surface area contributed by atoms with Gasteiger partial charge in [0.15, 0.2) is 0 Å². The summed E-state index contributed by atoms with van der Waals surface area (Å²) < 4.78 is 11.2. The summed E-state index contributed by atoms with van der Waals surface area (Å²) in [6.45, 7) is 4.18. The molecule has 1 aromatic carbocycles. The van der Waals surface area contributed by atoms with Crippen molar-refractivity contribution >= 4 is 5.97 Å². The summed E-state index contributed by atoms with van der Waals surface area (Å²) >= 11 is 0. The fraction of sp³-hybridized carbons (Fsp3) is 0.400. The summed E-state index contributed by atoms with van der Waals surface area (Å²) in [6.07, 6.45) is 19.6. The van der Waals surface area contributed by atoms with Gasteiger partial charge >= 0.3 is 5.97 Å². The fourth-order valence-electron chi connectivity index (χ4n) is 2.88. The molecule has 28 heavy (non-hydrogen) atoms. The number of carbonyl (C=O) groups is 1. The highest BCUT2D eigenvalue weighted by Gasteiger charge is 2.12. The third-order valence-corrected chi connectivity index (χ3v) is 4.38. The molecule has 0 spiro atoms. The van der Waals surface area contributed by atoms with Crippen molar-refractivity contribution in [3.63, 3.8) is 0 Å². The first kappa shape index (κ1) is 21.4. The van der Waals surface area contributed by atoms with Crippen LogP contribution in [0.25, 0.3) is 0 Å². The van der Waals surface area contributed by atoms with Crippen LogP contribution in [0, 0.1) is 24.2 Å². The molecule has 1 aliphatic rings. The van der Waals surface area contributed by atoms with E-state index < -0.39 is 5.97 Å². The quantitative estimate of drug-likeness (QED) is 0.245. The number of unbranched alkanes of at least 4 members (excludes halogenated alkanes) is 5. The van der Waals surface area contributed by atoms with Crippen LogP contribution in [-0.2, 0) is 4.79 Å². The molecule has 2 rings (SSSR count). The van der Waals surface area contributed by atoms with Crippen molar-refractivity contribution < 1.29 is 14.3 Å². The molecule has 0 N–H and O–H groups in total. The zero-order valence-corrected chi connectivity index (χ0v) is 16.8. The van der Waals surface area contributed by atoms with Crippen LogP contribution in [0.4, 0.5) is 0 Å². The van der Waals surface area contributed by atoms with Crippen molar-refractivity contribution in [2.24, 2.45) is 0 Å². The van der Waals surface area contributed by atoms with Gasteiger partial charge in [-0.2, -0.15) is 0 Å². The third kappa shape index (κ3) is 7.01. The van der Waals surface area contributed by atoms with E-state index in [-0.39, 0.29) is 0 Å². The second kappa shape index (κ2) is 11.7. The summed E-state index contributed by atoms with van der Waals surface area (Å²) in [5, 5.41) is 0. The average Bonchev–Trinajstić information content (AvgIpc) is 3.19. The van der Waals surface area contributed by atoms with Crippen LogP contribution in [0.2, 0.25) is 0 Å². The van der Waals surface area contributed by atoms with Gasteiger partial charge in [0.05, 0.1) is 17.7 Å². The zero-order valence-electron chi connectivity index (χ0n) is 16.8. The lowest BCUT2D eigenvalue weighted by Gasteiger charge is -2.12. The van der Waals surface area contributed by atoms with Crippen molar-refractivity contribution in [1.82, 2.24) is 0 Å². The molecular formula is C25H28O3. The Balaban J connectivity index is 2.13. The smallest absolute Gasteiger partial charge is 0.308 e. The van der Waals surface area contributed by atoms with Crippen LogP contribution in [0.5, 0.6) is 11.5 Å². The molecule has 146 valence electrons. The van der Waals surface area contributed by atoms with Crippen LogP contribution in [0.1, 0.15) is 69.9 Å². The van der Waals surface area contributed by atoms with E-state index in [0.29, 0.717) is 29.2 Å². The lowest BCUT2D eigenvalue weighted by molar-refractivity contribution is -0.131. The molecule has 0 radical (unpaired) electrons. The molecule has 1 aromatic rings. The van der Waals surface area contributed by atoms with Gasteiger partial charge in [0.1, 0.15) is 11.5 Å². The van der Waals surface area contributed by atoms with E-state index in [4.69, 9.17) is 15.9 Å². The molecule has 0 fully saturated rings. The minimum Gasteiger partial charge on any atom is -0.492 e. The van der Waals surface area contributed by atoms with E-state index in [1.807, 2.05) is 12.2 Å². The van der Waals surface area contributed by atoms with E-state index >= 15 is 0 Å². The Bertz CT molecular complexity index is 841. The molecule has 0 atom stereocenters. The topological polar surface area (TPSA) is 35.5 Å². The van der Waals surface area contributed by atoms with Gasteiger partial charge in [0, 0.05) is 24.6 Å². The van der Waals surface area contributed by atoms with Gasteiger partial charge in [-0.1, -0.05) is 75.0 Å². The number of hydrogen-bond acceptors (Lipinski definition) is 3. The van der Waals surface area contributed by atoms with Crippen LogP contribution in [0.3, 0.4) is 0 Å². The van der Waals surface area contributed by atoms with E-state index in [2.05, 4.69) is 30.8 Å². The summed E-state index contributed by atoms with van der Waals surface area (Å²) in [4.78, 5) is 11.4. The number of allylic oxidation sites excluding steroid dienone is 4. The Kier molecular flexibility index (Phi) is 8.96. The molecule has 0 amide bonds. The molecule has 0 saturated heterocycles. The molecule has 0 bridgehead atoms. The number of hydrogen-bond donors (Lipinski definition) is 0. The van der Waals surface area contributed by atoms with Gasteiger partial charge in [-0.05, 0) is 12.8 Å². The molecule has 0 heterocycles. The number of benzene rings is 1. The first-order chi connectivity index (χ1) is 13.6. The SMILES string of the molecule is C#Cc1cc(OCCCCCCCC)c(C#CC2=CC=CC2)cc1OC(C)=O. The standard InChI is InChI=1S/C25H28O3/c1-4-6-7-8-9-12-17-27-24-18-22(5-2)25(28-20(3)26)19-23(24)16-15-21-13-10-11-14-21/h2,10-11,13,18-19H,4,6-9,12,14,17H2,1,3H3. The Morgan fingerprint density at radius 3 is 2.50 bits per heavy atom. The Morgan fingerprint density at radius 2 is 1.82 bits per heavy atom. The van der Waals surface area contributed by atoms with Crippen molar-refractivity contribution in [1.29, 1.82) is 0 Å². The fourth-order valence-corrected chi connectivity index (χ4v) is 2.88. The molecule has 0 aromatic heterocycles. The number of esters is 1. The second-order valence-corrected chi connectivity index (χ2v) is 6.77. The third-order valence-electron chi connectivity index (χ3n) is 4.38. The van der Waals surface area contributed by atoms with Gasteiger partial charge in [-0.25, -0.2) is 0 Å². The van der Waals surface area contributed by atoms with E-state index in [1.165, 1.54) is 32.6 Å². The highest BCUT2D eigenvalue weighted by molar-refractivity contribution is 5.71. The lowest BCUT2D eigenvalue weighted by Crippen LogP contribution is -2.05. The maximum absolute atomic E-state index is 11.4. The average molecular weight is 376 g/mol. The minimum absolute atomic E-state index is 0.338. The summed E-state index contributed by atoms with van der Waals surface area (Å²) in [5.41, 5.74) is 2.20. The predicted octanol–water partition coefficient (Wildman–Crippen LogP) is 5.57. The van der Waals surface area contributed by atoms with Gasteiger partial charge in [0.2, 0.25) is 0 Å². The van der Waals surface area contributed by atoms with Crippen molar-refractivity contribution in [3.8, 4) is 35.7 Å². The molecule has 3 heteroatoms. The van der Waals surface area contributed by atoms with Gasteiger partial charge in [0.25, 0.3) is 0 Å². The molecule has 0 aliphatic heterocycles. The number of carbonyl (C=O) groups excluding carboxylic acids is 1. The highest BCUT2D eigenvalue weighted by atomic mass is 16.5. The summed E-state index contributed by atoms with van der Waals surface area (Å²) in [7, 11) is 0. The first-order valence-corrected chi connectivity index (χ1v) is 9.97. The Morgan fingerprint density at radius 1 is 1.07 bits per heavy atom. The van der Waals surface area contributed by atoms with Gasteiger partial charge in [-0.3, -0.25) is 4.79 Å².